The van der Waals surface area contributed by atoms with Gasteiger partial charge < -0.3 is 5.32 Å². The van der Waals surface area contributed by atoms with E-state index < -0.39 is 0 Å². The molecule has 1 aromatic carbocycles. The van der Waals surface area contributed by atoms with Crippen LogP contribution in [0.25, 0.3) is 0 Å². The highest BCUT2D eigenvalue weighted by atomic mass is 79.9. The van der Waals surface area contributed by atoms with Gasteiger partial charge in [-0.25, -0.2) is 0 Å². The molecule has 1 unspecified atom stereocenters. The Morgan fingerprint density at radius 1 is 1.47 bits per heavy atom. The molecule has 1 aromatic rings. The molecule has 0 aromatic heterocycles. The van der Waals surface area contributed by atoms with Crippen molar-refractivity contribution < 1.29 is 4.79 Å². The highest BCUT2D eigenvalue weighted by Crippen LogP contribution is 2.17. The van der Waals surface area contributed by atoms with Crippen molar-refractivity contribution in [1.82, 2.24) is 5.32 Å². The molecule has 0 saturated heterocycles. The molecular formula is C11H11BrN2O. The summed E-state index contributed by atoms with van der Waals surface area (Å²) in [6.45, 7) is 1.79. The van der Waals surface area contributed by atoms with Crippen molar-refractivity contribution in [3.05, 3.63) is 34.3 Å². The van der Waals surface area contributed by atoms with E-state index in [0.29, 0.717) is 6.42 Å². The summed E-state index contributed by atoms with van der Waals surface area (Å²) in [7, 11) is 0. The first-order chi connectivity index (χ1) is 7.16. The van der Waals surface area contributed by atoms with Gasteiger partial charge in [0.15, 0.2) is 0 Å². The molecule has 0 spiro atoms. The van der Waals surface area contributed by atoms with E-state index in [1.54, 1.807) is 6.92 Å². The number of amides is 1. The number of nitrogens with zero attached hydrogens (tertiary/aromatic N) is 1. The van der Waals surface area contributed by atoms with Crippen LogP contribution in [-0.2, 0) is 11.2 Å². The average molecular weight is 267 g/mol. The third kappa shape index (κ3) is 2.26. The summed E-state index contributed by atoms with van der Waals surface area (Å²) in [5.41, 5.74) is 1.13. The van der Waals surface area contributed by atoms with E-state index in [9.17, 15) is 4.79 Å². The predicted octanol–water partition coefficient (Wildman–Crippen LogP) is 1.91. The number of benzene rings is 1. The molecule has 1 N–H and O–H groups in total. The Morgan fingerprint density at radius 3 is 2.80 bits per heavy atom. The Labute approximate surface area is 96.7 Å². The van der Waals surface area contributed by atoms with Gasteiger partial charge in [-0.05, 0) is 18.6 Å². The van der Waals surface area contributed by atoms with Gasteiger partial charge in [0.2, 0.25) is 5.91 Å². The molecule has 1 heterocycles. The largest absolute Gasteiger partial charge is 0.312 e. The van der Waals surface area contributed by atoms with E-state index in [-0.39, 0.29) is 11.9 Å². The highest BCUT2D eigenvalue weighted by molar-refractivity contribution is 9.10. The SMILES string of the molecule is CC1N=C(Cc2ccccc2Br)NC1=O. The molecule has 0 saturated carbocycles. The van der Waals surface area contributed by atoms with Gasteiger partial charge in [0.25, 0.3) is 0 Å². The van der Waals surface area contributed by atoms with Crippen molar-refractivity contribution in [3.63, 3.8) is 0 Å². The topological polar surface area (TPSA) is 41.5 Å². The molecule has 1 aliphatic rings. The van der Waals surface area contributed by atoms with Gasteiger partial charge in [0, 0.05) is 10.9 Å². The number of amidine groups is 1. The fourth-order valence-electron chi connectivity index (χ4n) is 1.48. The molecule has 0 fully saturated rings. The zero-order valence-corrected chi connectivity index (χ0v) is 9.91. The highest BCUT2D eigenvalue weighted by Gasteiger charge is 2.21. The second-order valence-corrected chi connectivity index (χ2v) is 4.36. The van der Waals surface area contributed by atoms with Gasteiger partial charge >= 0.3 is 0 Å². The Kier molecular flexibility index (Phi) is 2.86. The van der Waals surface area contributed by atoms with Crippen molar-refractivity contribution in [2.75, 3.05) is 0 Å². The molecular weight excluding hydrogens is 256 g/mol. The lowest BCUT2D eigenvalue weighted by Gasteiger charge is -2.03. The number of carbonyl (C=O) groups excluding carboxylic acids is 1. The van der Waals surface area contributed by atoms with Crippen LogP contribution < -0.4 is 5.32 Å². The van der Waals surface area contributed by atoms with Crippen LogP contribution in [0, 0.1) is 0 Å². The summed E-state index contributed by atoms with van der Waals surface area (Å²) in [5.74, 6) is 0.733. The number of hydrogen-bond acceptors (Lipinski definition) is 2. The molecule has 15 heavy (non-hydrogen) atoms. The van der Waals surface area contributed by atoms with Crippen LogP contribution in [0.15, 0.2) is 33.7 Å². The Balaban J connectivity index is 2.14. The third-order valence-corrected chi connectivity index (χ3v) is 3.09. The van der Waals surface area contributed by atoms with Crippen LogP contribution in [0.3, 0.4) is 0 Å². The van der Waals surface area contributed by atoms with E-state index in [2.05, 4.69) is 26.2 Å². The lowest BCUT2D eigenvalue weighted by atomic mass is 10.1. The maximum absolute atomic E-state index is 11.2. The number of nitrogens with one attached hydrogen (secondary N) is 1. The fraction of sp³-hybridized carbons (Fsp3) is 0.273. The van der Waals surface area contributed by atoms with Crippen LogP contribution in [0.1, 0.15) is 12.5 Å². The molecule has 4 heteroatoms. The first-order valence-corrected chi connectivity index (χ1v) is 5.57. The van der Waals surface area contributed by atoms with Crippen molar-refractivity contribution in [2.45, 2.75) is 19.4 Å². The van der Waals surface area contributed by atoms with Crippen molar-refractivity contribution >= 4 is 27.7 Å². The third-order valence-electron chi connectivity index (χ3n) is 2.31. The summed E-state index contributed by atoms with van der Waals surface area (Å²) < 4.78 is 1.04. The Bertz CT molecular complexity index is 428. The molecule has 0 aliphatic carbocycles. The Hall–Kier alpha value is -1.16. The van der Waals surface area contributed by atoms with Crippen LogP contribution >= 0.6 is 15.9 Å². The van der Waals surface area contributed by atoms with E-state index in [1.165, 1.54) is 0 Å². The predicted molar refractivity (Wildman–Crippen MR) is 62.9 cm³/mol. The number of aliphatic imine (C=N–C) groups is 1. The van der Waals surface area contributed by atoms with E-state index in [1.807, 2.05) is 24.3 Å². The molecule has 1 atom stereocenters. The summed E-state index contributed by atoms with van der Waals surface area (Å²) in [5, 5.41) is 2.77. The van der Waals surface area contributed by atoms with Crippen LogP contribution in [0.2, 0.25) is 0 Å². The van der Waals surface area contributed by atoms with Crippen LogP contribution in [0.5, 0.6) is 0 Å². The number of rotatable bonds is 2. The monoisotopic (exact) mass is 266 g/mol. The van der Waals surface area contributed by atoms with Crippen LogP contribution in [0.4, 0.5) is 0 Å². The molecule has 1 amide bonds. The second kappa shape index (κ2) is 4.14. The zero-order valence-electron chi connectivity index (χ0n) is 8.33. The lowest BCUT2D eigenvalue weighted by Crippen LogP contribution is -2.28. The van der Waals surface area contributed by atoms with Crippen molar-refractivity contribution in [3.8, 4) is 0 Å². The zero-order chi connectivity index (χ0) is 10.8. The number of hydrogen-bond donors (Lipinski definition) is 1. The van der Waals surface area contributed by atoms with Gasteiger partial charge in [-0.2, -0.15) is 0 Å². The summed E-state index contributed by atoms with van der Waals surface area (Å²) >= 11 is 3.47. The normalized spacial score (nSPS) is 20.0. The van der Waals surface area contributed by atoms with Crippen molar-refractivity contribution in [2.24, 2.45) is 4.99 Å². The molecule has 1 aliphatic heterocycles. The van der Waals surface area contributed by atoms with E-state index in [4.69, 9.17) is 0 Å². The van der Waals surface area contributed by atoms with E-state index in [0.717, 1.165) is 15.9 Å². The van der Waals surface area contributed by atoms with Crippen molar-refractivity contribution in [1.29, 1.82) is 0 Å². The molecule has 0 bridgehead atoms. The lowest BCUT2D eigenvalue weighted by molar-refractivity contribution is -0.119. The minimum atomic E-state index is -0.248. The van der Waals surface area contributed by atoms with Crippen LogP contribution in [-0.4, -0.2) is 17.8 Å². The molecule has 0 radical (unpaired) electrons. The molecule has 2 rings (SSSR count). The summed E-state index contributed by atoms with van der Waals surface area (Å²) in [6, 6.07) is 7.69. The fourth-order valence-corrected chi connectivity index (χ4v) is 1.91. The van der Waals surface area contributed by atoms with Gasteiger partial charge in [-0.1, -0.05) is 34.1 Å². The minimum Gasteiger partial charge on any atom is -0.312 e. The first kappa shape index (κ1) is 10.4. The maximum Gasteiger partial charge on any atom is 0.249 e. The van der Waals surface area contributed by atoms with Gasteiger partial charge in [0.1, 0.15) is 11.9 Å². The summed E-state index contributed by atoms with van der Waals surface area (Å²) in [4.78, 5) is 15.5. The number of halogens is 1. The minimum absolute atomic E-state index is 0.0166. The number of carbonyl (C=O) groups is 1. The van der Waals surface area contributed by atoms with Gasteiger partial charge in [0.05, 0.1) is 0 Å². The molecule has 78 valence electrons. The van der Waals surface area contributed by atoms with Gasteiger partial charge in [-0.15, -0.1) is 0 Å². The first-order valence-electron chi connectivity index (χ1n) is 4.78. The van der Waals surface area contributed by atoms with E-state index >= 15 is 0 Å². The molecule has 3 nitrogen and oxygen atoms in total. The quantitative estimate of drug-likeness (QED) is 0.873. The smallest absolute Gasteiger partial charge is 0.249 e. The average Bonchev–Trinajstić information content (AvgIpc) is 2.50. The second-order valence-electron chi connectivity index (χ2n) is 3.51. The Morgan fingerprint density at radius 2 is 2.20 bits per heavy atom. The van der Waals surface area contributed by atoms with Gasteiger partial charge in [-0.3, -0.25) is 9.79 Å². The standard InChI is InChI=1S/C11H11BrN2O/c1-7-11(15)14-10(13-7)6-8-4-2-3-5-9(8)12/h2-5,7H,6H2,1H3,(H,13,14,15). The maximum atomic E-state index is 11.2. The summed E-state index contributed by atoms with van der Waals surface area (Å²) in [6.07, 6.45) is 0.664.